The molecule has 0 aromatic heterocycles. The number of rotatable bonds is 4. The van der Waals surface area contributed by atoms with Gasteiger partial charge in [0, 0.05) is 37.7 Å². The zero-order valence-electron chi connectivity index (χ0n) is 15.4. The zero-order chi connectivity index (χ0) is 17.1. The van der Waals surface area contributed by atoms with Gasteiger partial charge in [0.15, 0.2) is 0 Å². The number of fused-ring (bicyclic) bond motifs is 1. The second-order valence-corrected chi connectivity index (χ2v) is 8.95. The van der Waals surface area contributed by atoms with Crippen LogP contribution < -0.4 is 5.32 Å². The van der Waals surface area contributed by atoms with Crippen molar-refractivity contribution in [2.45, 2.75) is 50.9 Å². The highest BCUT2D eigenvalue weighted by Crippen LogP contribution is 2.49. The molecule has 138 valence electrons. The Kier molecular flexibility index (Phi) is 6.00. The van der Waals surface area contributed by atoms with Crippen LogP contribution in [0.25, 0.3) is 0 Å². The molecule has 1 N–H and O–H groups in total. The van der Waals surface area contributed by atoms with Crippen molar-refractivity contribution in [2.75, 3.05) is 32.7 Å². The highest BCUT2D eigenvalue weighted by molar-refractivity contribution is 6.30. The fourth-order valence-corrected chi connectivity index (χ4v) is 6.08. The Morgan fingerprint density at radius 2 is 1.84 bits per heavy atom. The molecule has 1 aliphatic heterocycles. The molecule has 4 atom stereocenters. The van der Waals surface area contributed by atoms with E-state index in [9.17, 15) is 0 Å². The first-order valence-corrected chi connectivity index (χ1v) is 10.9. The third-order valence-corrected chi connectivity index (χ3v) is 7.32. The summed E-state index contributed by atoms with van der Waals surface area (Å²) < 4.78 is 0. The number of nitrogens with zero attached hydrogens (tertiary/aromatic N) is 1. The number of hydrogen-bond donors (Lipinski definition) is 1. The van der Waals surface area contributed by atoms with E-state index >= 15 is 0 Å². The molecular formula is C22H33ClN2. The average molecular weight is 361 g/mol. The van der Waals surface area contributed by atoms with Crippen molar-refractivity contribution in [1.82, 2.24) is 10.2 Å². The molecule has 3 aliphatic rings. The van der Waals surface area contributed by atoms with Gasteiger partial charge in [-0.2, -0.15) is 0 Å². The molecule has 3 fully saturated rings. The van der Waals surface area contributed by atoms with Crippen LogP contribution in [0, 0.1) is 17.8 Å². The van der Waals surface area contributed by atoms with Gasteiger partial charge in [0.25, 0.3) is 0 Å². The normalized spacial score (nSPS) is 32.1. The van der Waals surface area contributed by atoms with Crippen molar-refractivity contribution in [3.05, 3.63) is 34.9 Å². The lowest BCUT2D eigenvalue weighted by Crippen LogP contribution is -2.47. The van der Waals surface area contributed by atoms with E-state index in [4.69, 9.17) is 11.6 Å². The Labute approximate surface area is 158 Å². The monoisotopic (exact) mass is 360 g/mol. The summed E-state index contributed by atoms with van der Waals surface area (Å²) in [6, 6.07) is 8.77. The molecule has 4 rings (SSSR count). The fourth-order valence-electron chi connectivity index (χ4n) is 5.88. The van der Waals surface area contributed by atoms with Gasteiger partial charge in [-0.3, -0.25) is 0 Å². The SMILES string of the molecule is Clc1cccc(C(CN2CCNCC2)C2CCCC3CCCCC32)c1. The van der Waals surface area contributed by atoms with E-state index in [2.05, 4.69) is 28.4 Å². The van der Waals surface area contributed by atoms with Gasteiger partial charge in [0.05, 0.1) is 0 Å². The zero-order valence-corrected chi connectivity index (χ0v) is 16.2. The van der Waals surface area contributed by atoms with E-state index in [1.807, 2.05) is 6.07 Å². The Balaban J connectivity index is 1.59. The second-order valence-electron chi connectivity index (χ2n) is 8.52. The molecule has 0 radical (unpaired) electrons. The third-order valence-electron chi connectivity index (χ3n) is 7.09. The van der Waals surface area contributed by atoms with E-state index in [1.54, 1.807) is 0 Å². The topological polar surface area (TPSA) is 15.3 Å². The van der Waals surface area contributed by atoms with Crippen molar-refractivity contribution < 1.29 is 0 Å². The van der Waals surface area contributed by atoms with E-state index in [1.165, 1.54) is 70.1 Å². The molecule has 0 bridgehead atoms. The summed E-state index contributed by atoms with van der Waals surface area (Å²) in [5.41, 5.74) is 1.49. The Bertz CT molecular complexity index is 553. The third kappa shape index (κ3) is 4.23. The largest absolute Gasteiger partial charge is 0.314 e. The van der Waals surface area contributed by atoms with Crippen LogP contribution in [0.15, 0.2) is 24.3 Å². The molecule has 25 heavy (non-hydrogen) atoms. The van der Waals surface area contributed by atoms with Crippen molar-refractivity contribution in [3.8, 4) is 0 Å². The maximum Gasteiger partial charge on any atom is 0.0408 e. The summed E-state index contributed by atoms with van der Waals surface area (Å²) in [6.45, 7) is 5.88. The van der Waals surface area contributed by atoms with Gasteiger partial charge in [-0.15, -0.1) is 0 Å². The summed E-state index contributed by atoms with van der Waals surface area (Å²) in [5, 5.41) is 4.40. The van der Waals surface area contributed by atoms with E-state index in [0.29, 0.717) is 5.92 Å². The van der Waals surface area contributed by atoms with Crippen LogP contribution in [0.5, 0.6) is 0 Å². The highest BCUT2D eigenvalue weighted by Gasteiger charge is 2.39. The van der Waals surface area contributed by atoms with E-state index < -0.39 is 0 Å². The number of halogens is 1. The summed E-state index contributed by atoms with van der Waals surface area (Å²) in [4.78, 5) is 2.69. The Morgan fingerprint density at radius 3 is 2.68 bits per heavy atom. The first-order valence-electron chi connectivity index (χ1n) is 10.5. The number of hydrogen-bond acceptors (Lipinski definition) is 2. The minimum Gasteiger partial charge on any atom is -0.314 e. The maximum atomic E-state index is 6.38. The summed E-state index contributed by atoms with van der Waals surface area (Å²) in [6.07, 6.45) is 10.2. The minimum absolute atomic E-state index is 0.655. The maximum absolute atomic E-state index is 6.38. The Morgan fingerprint density at radius 1 is 1.04 bits per heavy atom. The van der Waals surface area contributed by atoms with Crippen LogP contribution in [-0.4, -0.2) is 37.6 Å². The second kappa shape index (κ2) is 8.41. The van der Waals surface area contributed by atoms with Crippen LogP contribution in [0.2, 0.25) is 5.02 Å². The predicted octanol–water partition coefficient (Wildman–Crippen LogP) is 4.94. The number of piperazine rings is 1. The van der Waals surface area contributed by atoms with Crippen LogP contribution in [0.3, 0.4) is 0 Å². The summed E-state index contributed by atoms with van der Waals surface area (Å²) >= 11 is 6.38. The van der Waals surface area contributed by atoms with Gasteiger partial charge < -0.3 is 10.2 Å². The van der Waals surface area contributed by atoms with Gasteiger partial charge in [-0.1, -0.05) is 55.8 Å². The molecule has 1 aromatic rings. The van der Waals surface area contributed by atoms with Gasteiger partial charge in [-0.05, 0) is 54.2 Å². The molecule has 0 amide bonds. The molecule has 4 unspecified atom stereocenters. The van der Waals surface area contributed by atoms with Crippen LogP contribution >= 0.6 is 11.6 Å². The molecular weight excluding hydrogens is 328 g/mol. The van der Waals surface area contributed by atoms with E-state index in [0.717, 1.165) is 35.9 Å². The lowest BCUT2D eigenvalue weighted by molar-refractivity contribution is 0.0712. The lowest BCUT2D eigenvalue weighted by Gasteiger charge is -2.46. The standard InChI is InChI=1S/C22H33ClN2/c23-19-8-3-7-18(15-19)22(16-25-13-11-24-12-14-25)21-10-4-6-17-5-1-2-9-20(17)21/h3,7-8,15,17,20-22,24H,1-2,4-6,9-14,16H2. The predicted molar refractivity (Wildman–Crippen MR) is 106 cm³/mol. The van der Waals surface area contributed by atoms with Gasteiger partial charge >= 0.3 is 0 Å². The smallest absolute Gasteiger partial charge is 0.0408 e. The highest BCUT2D eigenvalue weighted by atomic mass is 35.5. The summed E-state index contributed by atoms with van der Waals surface area (Å²) in [7, 11) is 0. The van der Waals surface area contributed by atoms with Crippen molar-refractivity contribution in [2.24, 2.45) is 17.8 Å². The molecule has 1 saturated heterocycles. The fraction of sp³-hybridized carbons (Fsp3) is 0.727. The summed E-state index contributed by atoms with van der Waals surface area (Å²) in [5.74, 6) is 3.46. The van der Waals surface area contributed by atoms with Crippen molar-refractivity contribution in [3.63, 3.8) is 0 Å². The molecule has 1 heterocycles. The minimum atomic E-state index is 0.655. The van der Waals surface area contributed by atoms with Gasteiger partial charge in [0.2, 0.25) is 0 Å². The lowest BCUT2D eigenvalue weighted by atomic mass is 9.61. The molecule has 2 nitrogen and oxygen atoms in total. The Hall–Kier alpha value is -0.570. The van der Waals surface area contributed by atoms with Crippen LogP contribution in [0.4, 0.5) is 0 Å². The number of benzene rings is 1. The van der Waals surface area contributed by atoms with Crippen molar-refractivity contribution >= 4 is 11.6 Å². The average Bonchev–Trinajstić information content (AvgIpc) is 2.67. The van der Waals surface area contributed by atoms with Crippen LogP contribution in [0.1, 0.15) is 56.4 Å². The first kappa shape index (κ1) is 17.8. The quantitative estimate of drug-likeness (QED) is 0.818. The van der Waals surface area contributed by atoms with Crippen LogP contribution in [-0.2, 0) is 0 Å². The first-order chi connectivity index (χ1) is 12.3. The molecule has 1 aromatic carbocycles. The number of nitrogens with one attached hydrogen (secondary N) is 1. The van der Waals surface area contributed by atoms with Gasteiger partial charge in [0.1, 0.15) is 0 Å². The van der Waals surface area contributed by atoms with E-state index in [-0.39, 0.29) is 0 Å². The molecule has 0 spiro atoms. The molecule has 2 aliphatic carbocycles. The molecule has 2 saturated carbocycles. The molecule has 3 heteroatoms. The van der Waals surface area contributed by atoms with Crippen molar-refractivity contribution in [1.29, 1.82) is 0 Å². The van der Waals surface area contributed by atoms with Gasteiger partial charge in [-0.25, -0.2) is 0 Å².